The van der Waals surface area contributed by atoms with Crippen LogP contribution in [-0.2, 0) is 0 Å². The average molecular weight is 321 g/mol. The Balaban J connectivity index is 1.98. The van der Waals surface area contributed by atoms with E-state index in [1.54, 1.807) is 29.5 Å². The van der Waals surface area contributed by atoms with Gasteiger partial charge in [-0.2, -0.15) is 5.10 Å². The van der Waals surface area contributed by atoms with Crippen molar-refractivity contribution in [3.8, 4) is 0 Å². The predicted octanol–water partition coefficient (Wildman–Crippen LogP) is 4.20. The van der Waals surface area contributed by atoms with Crippen molar-refractivity contribution in [3.63, 3.8) is 0 Å². The summed E-state index contributed by atoms with van der Waals surface area (Å²) in [5.74, 6) is -0.0593. The van der Waals surface area contributed by atoms with Gasteiger partial charge < -0.3 is 0 Å². The molecule has 1 aromatic carbocycles. The van der Waals surface area contributed by atoms with Crippen LogP contribution in [0, 0.1) is 6.92 Å². The third-order valence-corrected chi connectivity index (χ3v) is 4.54. The fraction of sp³-hybridized carbons (Fsp3) is 0.350. The summed E-state index contributed by atoms with van der Waals surface area (Å²) in [6, 6.07) is 11.8. The molecule has 2 heterocycles. The molecule has 1 aliphatic heterocycles. The molecule has 4 heteroatoms. The zero-order valence-corrected chi connectivity index (χ0v) is 14.5. The molecule has 2 aromatic rings. The quantitative estimate of drug-likeness (QED) is 0.847. The molecule has 1 atom stereocenters. The van der Waals surface area contributed by atoms with E-state index in [0.717, 1.165) is 30.5 Å². The van der Waals surface area contributed by atoms with Crippen molar-refractivity contribution in [1.82, 2.24) is 9.99 Å². The van der Waals surface area contributed by atoms with Crippen LogP contribution in [0.2, 0.25) is 0 Å². The number of amides is 1. The molecule has 3 rings (SSSR count). The Morgan fingerprint density at radius 2 is 2.00 bits per heavy atom. The maximum Gasteiger partial charge on any atom is 0.274 e. The maximum atomic E-state index is 13.0. The largest absolute Gasteiger partial charge is 0.274 e. The van der Waals surface area contributed by atoms with E-state index in [1.165, 1.54) is 5.56 Å². The van der Waals surface area contributed by atoms with Crippen molar-refractivity contribution in [2.75, 3.05) is 0 Å². The second kappa shape index (κ2) is 6.56. The number of hydrogen-bond acceptors (Lipinski definition) is 3. The number of pyridine rings is 1. The molecule has 0 aliphatic carbocycles. The Hall–Kier alpha value is -2.49. The highest BCUT2D eigenvalue weighted by atomic mass is 16.2. The van der Waals surface area contributed by atoms with E-state index in [0.29, 0.717) is 5.56 Å². The number of benzene rings is 1. The Bertz CT molecular complexity index is 769. The van der Waals surface area contributed by atoms with Gasteiger partial charge in [0.05, 0.1) is 11.3 Å². The molecule has 1 amide bonds. The van der Waals surface area contributed by atoms with Gasteiger partial charge in [0.25, 0.3) is 5.91 Å². The number of aryl methyl sites for hydroxylation is 1. The average Bonchev–Trinajstić information content (AvgIpc) is 2.93. The van der Waals surface area contributed by atoms with E-state index in [9.17, 15) is 4.79 Å². The highest BCUT2D eigenvalue weighted by Crippen LogP contribution is 2.35. The first-order valence-electron chi connectivity index (χ1n) is 8.42. The molecule has 1 aliphatic rings. The molecule has 24 heavy (non-hydrogen) atoms. The van der Waals surface area contributed by atoms with E-state index in [1.807, 2.05) is 6.07 Å². The molecule has 0 saturated carbocycles. The second-order valence-electron chi connectivity index (χ2n) is 6.69. The van der Waals surface area contributed by atoms with Crippen LogP contribution in [0.25, 0.3) is 0 Å². The van der Waals surface area contributed by atoms with Crippen molar-refractivity contribution in [1.29, 1.82) is 0 Å². The number of aromatic nitrogens is 1. The highest BCUT2D eigenvalue weighted by molar-refractivity contribution is 6.05. The van der Waals surface area contributed by atoms with E-state index in [2.05, 4.69) is 44.0 Å². The molecule has 1 aromatic heterocycles. The van der Waals surface area contributed by atoms with Gasteiger partial charge in [0, 0.05) is 24.4 Å². The van der Waals surface area contributed by atoms with Gasteiger partial charge in [-0.1, -0.05) is 43.2 Å². The lowest BCUT2D eigenvalue weighted by Gasteiger charge is -2.32. The first kappa shape index (κ1) is 16.4. The van der Waals surface area contributed by atoms with Gasteiger partial charge >= 0.3 is 0 Å². The van der Waals surface area contributed by atoms with Crippen molar-refractivity contribution in [2.24, 2.45) is 5.10 Å². The molecule has 4 nitrogen and oxygen atoms in total. The summed E-state index contributed by atoms with van der Waals surface area (Å²) >= 11 is 0. The Morgan fingerprint density at radius 1 is 1.25 bits per heavy atom. The third kappa shape index (κ3) is 3.09. The molecular weight excluding hydrogens is 298 g/mol. The van der Waals surface area contributed by atoms with Crippen LogP contribution in [0.1, 0.15) is 54.6 Å². The van der Waals surface area contributed by atoms with Crippen LogP contribution in [0.15, 0.2) is 53.9 Å². The number of hydrogen-bond donors (Lipinski definition) is 0. The minimum Gasteiger partial charge on any atom is -0.267 e. The van der Waals surface area contributed by atoms with E-state index in [-0.39, 0.29) is 11.4 Å². The summed E-state index contributed by atoms with van der Waals surface area (Å²) in [6.07, 6.45) is 5.99. The van der Waals surface area contributed by atoms with Crippen LogP contribution < -0.4 is 0 Å². The molecular formula is C20H23N3O. The van der Waals surface area contributed by atoms with Gasteiger partial charge in [-0.25, -0.2) is 5.01 Å². The smallest absolute Gasteiger partial charge is 0.267 e. The monoisotopic (exact) mass is 321 g/mol. The minimum absolute atomic E-state index is 0.0593. The van der Waals surface area contributed by atoms with E-state index < -0.39 is 0 Å². The highest BCUT2D eigenvalue weighted by Gasteiger charge is 2.41. The summed E-state index contributed by atoms with van der Waals surface area (Å²) in [7, 11) is 0. The van der Waals surface area contributed by atoms with Crippen LogP contribution in [-0.4, -0.2) is 27.2 Å². The second-order valence-corrected chi connectivity index (χ2v) is 6.69. The lowest BCUT2D eigenvalue weighted by molar-refractivity contribution is 0.0560. The topological polar surface area (TPSA) is 45.6 Å². The zero-order valence-electron chi connectivity index (χ0n) is 14.5. The lowest BCUT2D eigenvalue weighted by atomic mass is 9.88. The first-order valence-corrected chi connectivity index (χ1v) is 8.42. The fourth-order valence-electron chi connectivity index (χ4n) is 3.34. The molecule has 0 saturated heterocycles. The SMILES string of the molecule is CCCC1(C)CC(c2cccc(C)c2)=NN1C(=O)c1ccncc1. The molecule has 0 radical (unpaired) electrons. The maximum absolute atomic E-state index is 13.0. The van der Waals surface area contributed by atoms with Crippen LogP contribution >= 0.6 is 0 Å². The standard InChI is InChI=1S/C20H23N3O/c1-4-10-20(3)14-18(17-7-5-6-15(2)13-17)22-23(20)19(24)16-8-11-21-12-9-16/h5-9,11-13H,4,10,14H2,1-3H3. The molecule has 0 N–H and O–H groups in total. The summed E-state index contributed by atoms with van der Waals surface area (Å²) < 4.78 is 0. The number of carbonyl (C=O) groups excluding carboxylic acids is 1. The fourth-order valence-corrected chi connectivity index (χ4v) is 3.34. The van der Waals surface area contributed by atoms with Crippen molar-refractivity contribution in [3.05, 3.63) is 65.5 Å². The zero-order chi connectivity index (χ0) is 17.2. The molecule has 1 unspecified atom stereocenters. The normalized spacial score (nSPS) is 20.1. The van der Waals surface area contributed by atoms with Crippen molar-refractivity contribution >= 4 is 11.6 Å². The van der Waals surface area contributed by atoms with E-state index in [4.69, 9.17) is 5.10 Å². The Morgan fingerprint density at radius 3 is 2.67 bits per heavy atom. The van der Waals surface area contributed by atoms with Gasteiger partial charge in [0.1, 0.15) is 0 Å². The van der Waals surface area contributed by atoms with Crippen LogP contribution in [0.3, 0.4) is 0 Å². The number of rotatable bonds is 4. The van der Waals surface area contributed by atoms with Crippen LogP contribution in [0.4, 0.5) is 0 Å². The summed E-state index contributed by atoms with van der Waals surface area (Å²) in [6.45, 7) is 6.34. The predicted molar refractivity (Wildman–Crippen MR) is 96.1 cm³/mol. The van der Waals surface area contributed by atoms with E-state index >= 15 is 0 Å². The number of hydrazone groups is 1. The van der Waals surface area contributed by atoms with Crippen molar-refractivity contribution < 1.29 is 4.79 Å². The third-order valence-electron chi connectivity index (χ3n) is 4.54. The summed E-state index contributed by atoms with van der Waals surface area (Å²) in [5, 5.41) is 6.41. The number of nitrogens with zero attached hydrogens (tertiary/aromatic N) is 3. The Labute approximate surface area is 143 Å². The van der Waals surface area contributed by atoms with Gasteiger partial charge in [-0.05, 0) is 38.0 Å². The van der Waals surface area contributed by atoms with Crippen molar-refractivity contribution in [2.45, 2.75) is 45.6 Å². The van der Waals surface area contributed by atoms with Crippen LogP contribution in [0.5, 0.6) is 0 Å². The summed E-state index contributed by atoms with van der Waals surface area (Å²) in [4.78, 5) is 17.0. The molecule has 0 bridgehead atoms. The van der Waals surface area contributed by atoms with Gasteiger partial charge in [-0.15, -0.1) is 0 Å². The Kier molecular flexibility index (Phi) is 4.47. The van der Waals surface area contributed by atoms with Gasteiger partial charge in [-0.3, -0.25) is 9.78 Å². The molecule has 124 valence electrons. The lowest BCUT2D eigenvalue weighted by Crippen LogP contribution is -2.43. The summed E-state index contributed by atoms with van der Waals surface area (Å²) in [5.41, 5.74) is 3.63. The molecule has 0 spiro atoms. The minimum atomic E-state index is -0.284. The van der Waals surface area contributed by atoms with Gasteiger partial charge in [0.15, 0.2) is 0 Å². The molecule has 0 fully saturated rings. The number of carbonyl (C=O) groups is 1. The van der Waals surface area contributed by atoms with Gasteiger partial charge in [0.2, 0.25) is 0 Å². The first-order chi connectivity index (χ1) is 11.5.